The van der Waals surface area contributed by atoms with Gasteiger partial charge in [-0.2, -0.15) is 0 Å². The third-order valence-electron chi connectivity index (χ3n) is 0. The SMILES string of the molecule is [Dy].[Ni].[Ni].[Ni].[Ni].[Ni]. The molecule has 6 heteroatoms. The molecule has 0 fully saturated rings. The zero-order valence-corrected chi connectivity index (χ0v) is 8.86. The molecule has 0 spiro atoms. The largest absolute Gasteiger partial charge is 0 e. The third-order valence-corrected chi connectivity index (χ3v) is 0. The Morgan fingerprint density at radius 2 is 0.333 bits per heavy atom. The van der Waals surface area contributed by atoms with Crippen molar-refractivity contribution < 1.29 is 121 Å². The molecule has 0 rings (SSSR count). The summed E-state index contributed by atoms with van der Waals surface area (Å²) >= 11 is 0. The van der Waals surface area contributed by atoms with Crippen molar-refractivity contribution >= 4 is 0 Å². The second-order valence-electron chi connectivity index (χ2n) is 0. The van der Waals surface area contributed by atoms with Gasteiger partial charge in [0.1, 0.15) is 0 Å². The van der Waals surface area contributed by atoms with E-state index < -0.39 is 0 Å². The summed E-state index contributed by atoms with van der Waals surface area (Å²) < 4.78 is 0. The fraction of sp³-hybridized carbons (Fsp3) is 0. The zero-order chi connectivity index (χ0) is 0. The van der Waals surface area contributed by atoms with Gasteiger partial charge in [-0.25, -0.2) is 0 Å². The number of rotatable bonds is 0. The summed E-state index contributed by atoms with van der Waals surface area (Å²) in [5, 5.41) is 0. The van der Waals surface area contributed by atoms with Gasteiger partial charge in [0.05, 0.1) is 0 Å². The van der Waals surface area contributed by atoms with E-state index in [-0.39, 0.29) is 121 Å². The topological polar surface area (TPSA) is 0 Å². The van der Waals surface area contributed by atoms with Gasteiger partial charge in [-0.05, 0) is 0 Å². The van der Waals surface area contributed by atoms with Crippen LogP contribution in [0.5, 0.6) is 0 Å². The Morgan fingerprint density at radius 3 is 0.333 bits per heavy atom. The van der Waals surface area contributed by atoms with E-state index in [1.165, 1.54) is 0 Å². The maximum absolute atomic E-state index is 0. The van der Waals surface area contributed by atoms with Gasteiger partial charge >= 0.3 is 0 Å². The molecule has 0 saturated carbocycles. The summed E-state index contributed by atoms with van der Waals surface area (Å²) in [6.07, 6.45) is 0. The molecule has 0 aromatic heterocycles. The van der Waals surface area contributed by atoms with Gasteiger partial charge in [0, 0.05) is 121 Å². The number of hydrogen-bond acceptors (Lipinski definition) is 0. The minimum atomic E-state index is 0. The first-order valence-electron chi connectivity index (χ1n) is 0. The zero-order valence-electron chi connectivity index (χ0n) is 1.90. The van der Waals surface area contributed by atoms with E-state index in [0.717, 1.165) is 0 Å². The molecule has 0 amide bonds. The molecule has 0 unspecified atom stereocenters. The van der Waals surface area contributed by atoms with Crippen LogP contribution < -0.4 is 0 Å². The fourth-order valence-corrected chi connectivity index (χ4v) is 0. The fourth-order valence-electron chi connectivity index (χ4n) is 0. The van der Waals surface area contributed by atoms with Gasteiger partial charge in [-0.15, -0.1) is 0 Å². The van der Waals surface area contributed by atoms with E-state index in [4.69, 9.17) is 0 Å². The van der Waals surface area contributed by atoms with Crippen molar-refractivity contribution in [3.05, 3.63) is 0 Å². The van der Waals surface area contributed by atoms with Gasteiger partial charge in [-0.1, -0.05) is 0 Å². The molecular weight excluding hydrogens is 456 g/mol. The van der Waals surface area contributed by atoms with Crippen LogP contribution in [0, 0.1) is 38.2 Å². The van der Waals surface area contributed by atoms with Crippen molar-refractivity contribution in [3.63, 3.8) is 0 Å². The maximum atomic E-state index is 0. The van der Waals surface area contributed by atoms with Crippen LogP contribution in [0.15, 0.2) is 0 Å². The van der Waals surface area contributed by atoms with E-state index in [1.807, 2.05) is 0 Å². The van der Waals surface area contributed by atoms with Crippen LogP contribution in [0.1, 0.15) is 0 Å². The van der Waals surface area contributed by atoms with Crippen LogP contribution in [0.2, 0.25) is 0 Å². The van der Waals surface area contributed by atoms with Crippen LogP contribution in [-0.2, 0) is 82.5 Å². The minimum Gasteiger partial charge on any atom is 0 e. The molecule has 0 aromatic rings. The smallest absolute Gasteiger partial charge is 0 e. The standard InChI is InChI=1S/Dy.5Ni. The summed E-state index contributed by atoms with van der Waals surface area (Å²) in [6.45, 7) is 0. The van der Waals surface area contributed by atoms with Crippen LogP contribution in [0.4, 0.5) is 0 Å². The molecule has 0 N–H and O–H groups in total. The second kappa shape index (κ2) is 37.4. The summed E-state index contributed by atoms with van der Waals surface area (Å²) in [7, 11) is 0. The van der Waals surface area contributed by atoms with Crippen LogP contribution in [0.3, 0.4) is 0 Å². The number of hydrogen-bond donors (Lipinski definition) is 0. The van der Waals surface area contributed by atoms with E-state index in [9.17, 15) is 0 Å². The molecule has 0 heterocycles. The summed E-state index contributed by atoms with van der Waals surface area (Å²) in [4.78, 5) is 0. The summed E-state index contributed by atoms with van der Waals surface area (Å²) in [5.41, 5.74) is 0. The van der Waals surface area contributed by atoms with E-state index >= 15 is 0 Å². The predicted molar refractivity (Wildman–Crippen MR) is 0 cm³/mol. The van der Waals surface area contributed by atoms with Gasteiger partial charge in [0.25, 0.3) is 0 Å². The van der Waals surface area contributed by atoms with E-state index in [2.05, 4.69) is 0 Å². The Morgan fingerprint density at radius 1 is 0.333 bits per heavy atom. The molecule has 0 aliphatic heterocycles. The Bertz CT molecular complexity index is 3.90. The molecule has 0 bridgehead atoms. The molecule has 0 radical (unpaired) electrons. The van der Waals surface area contributed by atoms with Gasteiger partial charge in [0.2, 0.25) is 0 Å². The van der Waals surface area contributed by atoms with Gasteiger partial charge < -0.3 is 0 Å². The second-order valence-corrected chi connectivity index (χ2v) is 0. The molecular formula is DyNi5. The van der Waals surface area contributed by atoms with Gasteiger partial charge in [-0.3, -0.25) is 0 Å². The first-order valence-corrected chi connectivity index (χ1v) is 0. The Kier molecular flexibility index (Phi) is 332. The van der Waals surface area contributed by atoms with Crippen molar-refractivity contribution in [2.45, 2.75) is 0 Å². The van der Waals surface area contributed by atoms with Crippen molar-refractivity contribution in [1.82, 2.24) is 0 Å². The van der Waals surface area contributed by atoms with Crippen molar-refractivity contribution in [2.24, 2.45) is 0 Å². The predicted octanol–water partition coefficient (Wildman–Crippen LogP) is -0.0125. The van der Waals surface area contributed by atoms with E-state index in [1.54, 1.807) is 0 Å². The molecule has 60 valence electrons. The average molecular weight is 456 g/mol. The first kappa shape index (κ1) is 53.2. The molecule has 0 aliphatic carbocycles. The normalized spacial score (nSPS) is 0. The first-order chi connectivity index (χ1) is 0. The Hall–Kier alpha value is 3.74. The molecule has 0 atom stereocenters. The van der Waals surface area contributed by atoms with Crippen molar-refractivity contribution in [2.75, 3.05) is 0 Å². The Balaban J connectivity index is 0. The summed E-state index contributed by atoms with van der Waals surface area (Å²) in [5.74, 6) is 0. The van der Waals surface area contributed by atoms with E-state index in [0.29, 0.717) is 0 Å². The van der Waals surface area contributed by atoms with Crippen molar-refractivity contribution in [1.29, 1.82) is 0 Å². The summed E-state index contributed by atoms with van der Waals surface area (Å²) in [6, 6.07) is 0. The monoisotopic (exact) mass is 454 g/mol. The quantitative estimate of drug-likeness (QED) is 0.451. The molecule has 0 nitrogen and oxygen atoms in total. The van der Waals surface area contributed by atoms with Crippen molar-refractivity contribution in [3.8, 4) is 0 Å². The van der Waals surface area contributed by atoms with Crippen LogP contribution >= 0.6 is 0 Å². The Labute approximate surface area is 118 Å². The maximum Gasteiger partial charge on any atom is 0 e. The molecule has 0 aromatic carbocycles. The van der Waals surface area contributed by atoms with Gasteiger partial charge in [0.15, 0.2) is 0 Å². The molecule has 0 saturated heterocycles. The van der Waals surface area contributed by atoms with Crippen LogP contribution in [0.25, 0.3) is 0 Å². The average Bonchev–Trinajstić information content (AvgIpc) is 0. The minimum absolute atomic E-state index is 0. The third kappa shape index (κ3) is 25.1. The molecule has 0 aliphatic rings. The van der Waals surface area contributed by atoms with Crippen LogP contribution in [-0.4, -0.2) is 0 Å². The molecule has 6 heavy (non-hydrogen) atoms.